The highest BCUT2D eigenvalue weighted by Gasteiger charge is 2.40. The van der Waals surface area contributed by atoms with Crippen molar-refractivity contribution >= 4 is 21.7 Å². The van der Waals surface area contributed by atoms with Crippen molar-refractivity contribution in [3.05, 3.63) is 211 Å². The Balaban J connectivity index is 1.17. The monoisotopic (exact) mass is 741 g/mol. The van der Waals surface area contributed by atoms with Crippen LogP contribution >= 0.6 is 0 Å². The Bertz CT molecular complexity index is 3120. The molecule has 1 atom stereocenters. The Morgan fingerprint density at radius 2 is 0.966 bits per heavy atom. The van der Waals surface area contributed by atoms with Crippen molar-refractivity contribution in [2.24, 2.45) is 0 Å². The first kappa shape index (κ1) is 33.7. The Morgan fingerprint density at radius 3 is 1.71 bits per heavy atom. The largest absolute Gasteiger partial charge is 0.264 e. The predicted octanol–water partition coefficient (Wildman–Crippen LogP) is 12.6. The van der Waals surface area contributed by atoms with E-state index in [-0.39, 0.29) is 5.41 Å². The zero-order valence-corrected chi connectivity index (χ0v) is 31.7. The first-order valence-corrected chi connectivity index (χ1v) is 19.6. The molecular formula is C53H35N5. The molecule has 0 saturated heterocycles. The standard InChI is InChI=1S/C53H35N5/c1-53(40-19-9-4-10-20-40)46-23-13-11-21-42(46)44-32-36(25-26-47(44)53)37-29-38(49-45-33-54-28-27-41(45)43-22-12-14-24-48(43)55-49)31-39(30-37)52-57-50(34-15-5-2-6-16-34)56-51(58-52)35-17-7-3-8-18-35/h2-33H,1H3. The van der Waals surface area contributed by atoms with Gasteiger partial charge in [-0.1, -0.05) is 146 Å². The second-order valence-corrected chi connectivity index (χ2v) is 15.0. The quantitative estimate of drug-likeness (QED) is 0.159. The molecule has 10 aromatic rings. The number of aromatic nitrogens is 5. The van der Waals surface area contributed by atoms with E-state index in [9.17, 15) is 0 Å². The number of para-hydroxylation sites is 1. The van der Waals surface area contributed by atoms with E-state index < -0.39 is 0 Å². The minimum Gasteiger partial charge on any atom is -0.264 e. The summed E-state index contributed by atoms with van der Waals surface area (Å²) in [4.78, 5) is 25.2. The zero-order chi connectivity index (χ0) is 38.6. The van der Waals surface area contributed by atoms with Gasteiger partial charge in [0.2, 0.25) is 0 Å². The molecule has 0 spiro atoms. The van der Waals surface area contributed by atoms with Gasteiger partial charge in [0.15, 0.2) is 17.5 Å². The van der Waals surface area contributed by atoms with Gasteiger partial charge < -0.3 is 0 Å². The highest BCUT2D eigenvalue weighted by atomic mass is 15.0. The first-order chi connectivity index (χ1) is 28.6. The molecule has 272 valence electrons. The molecule has 11 rings (SSSR count). The molecule has 1 unspecified atom stereocenters. The molecule has 3 heterocycles. The van der Waals surface area contributed by atoms with Gasteiger partial charge in [-0.05, 0) is 87.7 Å². The second-order valence-electron chi connectivity index (χ2n) is 15.0. The highest BCUT2D eigenvalue weighted by molar-refractivity contribution is 6.10. The maximum Gasteiger partial charge on any atom is 0.164 e. The average Bonchev–Trinajstić information content (AvgIpc) is 3.57. The molecule has 1 aliphatic carbocycles. The van der Waals surface area contributed by atoms with Crippen molar-refractivity contribution < 1.29 is 0 Å². The lowest BCUT2D eigenvalue weighted by atomic mass is 9.74. The molecule has 5 nitrogen and oxygen atoms in total. The lowest BCUT2D eigenvalue weighted by Crippen LogP contribution is -2.22. The van der Waals surface area contributed by atoms with Crippen LogP contribution in [-0.4, -0.2) is 24.9 Å². The van der Waals surface area contributed by atoms with E-state index in [4.69, 9.17) is 19.9 Å². The fourth-order valence-corrected chi connectivity index (χ4v) is 8.78. The molecule has 0 N–H and O–H groups in total. The van der Waals surface area contributed by atoms with Crippen LogP contribution in [0.25, 0.3) is 89.4 Å². The number of hydrogen-bond acceptors (Lipinski definition) is 5. The van der Waals surface area contributed by atoms with Gasteiger partial charge in [-0.25, -0.2) is 19.9 Å². The summed E-state index contributed by atoms with van der Waals surface area (Å²) in [6, 6.07) is 63.9. The van der Waals surface area contributed by atoms with Crippen LogP contribution in [0.2, 0.25) is 0 Å². The van der Waals surface area contributed by atoms with Crippen LogP contribution in [0.5, 0.6) is 0 Å². The van der Waals surface area contributed by atoms with Gasteiger partial charge in [0.25, 0.3) is 0 Å². The summed E-state index contributed by atoms with van der Waals surface area (Å²) >= 11 is 0. The van der Waals surface area contributed by atoms with E-state index in [1.165, 1.54) is 27.8 Å². The number of hydrogen-bond donors (Lipinski definition) is 0. The molecule has 7 aromatic carbocycles. The summed E-state index contributed by atoms with van der Waals surface area (Å²) < 4.78 is 0. The molecule has 0 aliphatic heterocycles. The van der Waals surface area contributed by atoms with E-state index in [0.29, 0.717) is 17.5 Å². The minimum atomic E-state index is -0.286. The van der Waals surface area contributed by atoms with Crippen molar-refractivity contribution in [3.8, 4) is 67.7 Å². The molecular weight excluding hydrogens is 707 g/mol. The van der Waals surface area contributed by atoms with Gasteiger partial charge in [-0.3, -0.25) is 4.98 Å². The van der Waals surface area contributed by atoms with Crippen LogP contribution in [0, 0.1) is 0 Å². The maximum atomic E-state index is 5.32. The number of fused-ring (bicyclic) bond motifs is 6. The second kappa shape index (κ2) is 13.5. The fourth-order valence-electron chi connectivity index (χ4n) is 8.78. The van der Waals surface area contributed by atoms with Crippen LogP contribution in [0.4, 0.5) is 0 Å². The molecule has 1 aliphatic rings. The highest BCUT2D eigenvalue weighted by Crippen LogP contribution is 2.53. The van der Waals surface area contributed by atoms with Gasteiger partial charge in [-0.15, -0.1) is 0 Å². The van der Waals surface area contributed by atoms with Crippen molar-refractivity contribution in [2.45, 2.75) is 12.3 Å². The first-order valence-electron chi connectivity index (χ1n) is 19.6. The summed E-state index contributed by atoms with van der Waals surface area (Å²) in [5, 5.41) is 3.18. The zero-order valence-electron chi connectivity index (χ0n) is 31.7. The number of benzene rings is 7. The molecule has 0 saturated carbocycles. The lowest BCUT2D eigenvalue weighted by molar-refractivity contribution is 0.714. The molecule has 58 heavy (non-hydrogen) atoms. The topological polar surface area (TPSA) is 64.5 Å². The smallest absolute Gasteiger partial charge is 0.164 e. The van der Waals surface area contributed by atoms with Crippen LogP contribution in [0.15, 0.2) is 194 Å². The van der Waals surface area contributed by atoms with Crippen LogP contribution in [0.3, 0.4) is 0 Å². The molecule has 0 fully saturated rings. The van der Waals surface area contributed by atoms with E-state index in [1.54, 1.807) is 0 Å². The summed E-state index contributed by atoms with van der Waals surface area (Å²) in [6.07, 6.45) is 3.78. The fraction of sp³-hybridized carbons (Fsp3) is 0.0377. The summed E-state index contributed by atoms with van der Waals surface area (Å²) in [5.41, 5.74) is 13.7. The van der Waals surface area contributed by atoms with Crippen molar-refractivity contribution in [2.75, 3.05) is 0 Å². The third-order valence-electron chi connectivity index (χ3n) is 11.7. The lowest BCUT2D eigenvalue weighted by Gasteiger charge is -2.28. The summed E-state index contributed by atoms with van der Waals surface area (Å²) in [5.74, 6) is 1.82. The van der Waals surface area contributed by atoms with E-state index in [1.807, 2.05) is 79.1 Å². The molecule has 5 heteroatoms. The van der Waals surface area contributed by atoms with Crippen molar-refractivity contribution in [1.82, 2.24) is 24.9 Å². The van der Waals surface area contributed by atoms with Gasteiger partial charge in [0, 0.05) is 50.8 Å². The Kier molecular flexibility index (Phi) is 7.86. The summed E-state index contributed by atoms with van der Waals surface area (Å²) in [6.45, 7) is 2.35. The Hall–Kier alpha value is -7.63. The Morgan fingerprint density at radius 1 is 0.379 bits per heavy atom. The van der Waals surface area contributed by atoms with Gasteiger partial charge in [-0.2, -0.15) is 0 Å². The van der Waals surface area contributed by atoms with Gasteiger partial charge in [0.05, 0.1) is 11.2 Å². The van der Waals surface area contributed by atoms with Crippen molar-refractivity contribution in [3.63, 3.8) is 0 Å². The average molecular weight is 742 g/mol. The third-order valence-corrected chi connectivity index (χ3v) is 11.7. The number of rotatable bonds is 6. The minimum absolute atomic E-state index is 0.286. The molecule has 0 bridgehead atoms. The molecule has 0 amide bonds. The number of nitrogens with zero attached hydrogens (tertiary/aromatic N) is 5. The van der Waals surface area contributed by atoms with Crippen LogP contribution < -0.4 is 0 Å². The third kappa shape index (κ3) is 5.51. The maximum absolute atomic E-state index is 5.32. The number of pyridine rings is 2. The van der Waals surface area contributed by atoms with Crippen LogP contribution in [0.1, 0.15) is 23.6 Å². The predicted molar refractivity (Wildman–Crippen MR) is 235 cm³/mol. The van der Waals surface area contributed by atoms with E-state index >= 15 is 0 Å². The van der Waals surface area contributed by atoms with E-state index in [0.717, 1.165) is 60.8 Å². The van der Waals surface area contributed by atoms with E-state index in [2.05, 4.69) is 127 Å². The molecule has 0 radical (unpaired) electrons. The molecule has 3 aromatic heterocycles. The normalized spacial score (nSPS) is 14.4. The Labute approximate surface area is 336 Å². The van der Waals surface area contributed by atoms with Crippen molar-refractivity contribution in [1.29, 1.82) is 0 Å². The SMILES string of the molecule is CC1(c2ccccc2)c2ccccc2-c2cc(-c3cc(-c4nc(-c5ccccc5)nc(-c5ccccc5)n4)cc(-c4nc5ccccc5c5ccncc45)c3)ccc21. The van der Waals surface area contributed by atoms with Gasteiger partial charge >= 0.3 is 0 Å². The van der Waals surface area contributed by atoms with Gasteiger partial charge in [0.1, 0.15) is 0 Å². The summed E-state index contributed by atoms with van der Waals surface area (Å²) in [7, 11) is 0. The van der Waals surface area contributed by atoms with Crippen LogP contribution in [-0.2, 0) is 5.41 Å².